The topological polar surface area (TPSA) is 76.1 Å². The van der Waals surface area contributed by atoms with Crippen LogP contribution >= 0.6 is 0 Å². The third kappa shape index (κ3) is 4.70. The van der Waals surface area contributed by atoms with E-state index in [4.69, 9.17) is 9.47 Å². The molecule has 0 saturated carbocycles. The molecule has 3 aromatic rings. The predicted molar refractivity (Wildman–Crippen MR) is 117 cm³/mol. The summed E-state index contributed by atoms with van der Waals surface area (Å²) >= 11 is 0. The van der Waals surface area contributed by atoms with Crippen molar-refractivity contribution in [1.29, 1.82) is 0 Å². The molecular formula is C25H25NO5. The summed E-state index contributed by atoms with van der Waals surface area (Å²) in [5, 5.41) is 11.8. The largest absolute Gasteiger partial charge is 0.465 e. The Balaban J connectivity index is 1.52. The Kier molecular flexibility index (Phi) is 6.18. The molecule has 160 valence electrons. The van der Waals surface area contributed by atoms with E-state index < -0.39 is 6.09 Å². The molecule has 0 aromatic heterocycles. The van der Waals surface area contributed by atoms with E-state index in [1.807, 2.05) is 30.3 Å². The Hall–Kier alpha value is -3.38. The van der Waals surface area contributed by atoms with Crippen molar-refractivity contribution in [2.75, 3.05) is 20.2 Å². The van der Waals surface area contributed by atoms with Gasteiger partial charge in [-0.3, -0.25) is 0 Å². The zero-order chi connectivity index (χ0) is 21.8. The molecule has 1 N–H and O–H groups in total. The van der Waals surface area contributed by atoms with Crippen molar-refractivity contribution in [1.82, 2.24) is 4.90 Å². The van der Waals surface area contributed by atoms with E-state index >= 15 is 0 Å². The Morgan fingerprint density at radius 1 is 1.03 bits per heavy atom. The molecule has 0 spiro atoms. The van der Waals surface area contributed by atoms with E-state index in [1.54, 1.807) is 12.1 Å². The van der Waals surface area contributed by atoms with Crippen LogP contribution in [0.4, 0.5) is 4.79 Å². The average molecular weight is 419 g/mol. The smallest absolute Gasteiger partial charge is 0.407 e. The molecule has 0 bridgehead atoms. The molecular weight excluding hydrogens is 394 g/mol. The van der Waals surface area contributed by atoms with Gasteiger partial charge in [0.15, 0.2) is 0 Å². The van der Waals surface area contributed by atoms with Gasteiger partial charge in [-0.2, -0.15) is 0 Å². The summed E-state index contributed by atoms with van der Waals surface area (Å²) < 4.78 is 11.0. The molecule has 2 atom stereocenters. The number of carboxylic acid groups (broad SMARTS) is 1. The van der Waals surface area contributed by atoms with Crippen LogP contribution in [0.2, 0.25) is 0 Å². The number of carbonyl (C=O) groups excluding carboxylic acids is 1. The SMILES string of the molecule is COC(=O)c1ccc(C2CCN(C(=O)O)CC2OCc2ccc3ccccc3c2)cc1. The Morgan fingerprint density at radius 3 is 2.48 bits per heavy atom. The zero-order valence-electron chi connectivity index (χ0n) is 17.4. The predicted octanol–water partition coefficient (Wildman–Crippen LogP) is 4.68. The summed E-state index contributed by atoms with van der Waals surface area (Å²) in [5.41, 5.74) is 2.56. The third-order valence-electron chi connectivity index (χ3n) is 5.87. The van der Waals surface area contributed by atoms with Gasteiger partial charge in [0, 0.05) is 12.5 Å². The van der Waals surface area contributed by atoms with E-state index in [0.717, 1.165) is 16.5 Å². The van der Waals surface area contributed by atoms with Gasteiger partial charge in [-0.05, 0) is 46.5 Å². The van der Waals surface area contributed by atoms with Crippen molar-refractivity contribution in [3.8, 4) is 0 Å². The van der Waals surface area contributed by atoms with E-state index in [-0.39, 0.29) is 18.0 Å². The van der Waals surface area contributed by atoms with Gasteiger partial charge in [0.05, 0.1) is 31.9 Å². The molecule has 31 heavy (non-hydrogen) atoms. The maximum atomic E-state index is 11.7. The van der Waals surface area contributed by atoms with Gasteiger partial charge in [-0.15, -0.1) is 0 Å². The fraction of sp³-hybridized carbons (Fsp3) is 0.280. The molecule has 1 saturated heterocycles. The first kappa shape index (κ1) is 20.9. The molecule has 2 unspecified atom stereocenters. The fourth-order valence-electron chi connectivity index (χ4n) is 4.16. The van der Waals surface area contributed by atoms with Gasteiger partial charge >= 0.3 is 12.1 Å². The van der Waals surface area contributed by atoms with Crippen LogP contribution in [0.25, 0.3) is 10.8 Å². The van der Waals surface area contributed by atoms with E-state index in [9.17, 15) is 14.7 Å². The molecule has 1 heterocycles. The van der Waals surface area contributed by atoms with Crippen molar-refractivity contribution >= 4 is 22.8 Å². The molecule has 6 heteroatoms. The highest BCUT2D eigenvalue weighted by molar-refractivity contribution is 5.89. The summed E-state index contributed by atoms with van der Waals surface area (Å²) in [4.78, 5) is 24.7. The molecule has 4 rings (SSSR count). The van der Waals surface area contributed by atoms with Crippen LogP contribution in [0.1, 0.15) is 33.8 Å². The standard InChI is InChI=1S/C25H25NO5/c1-30-24(27)20-10-8-19(9-11-20)22-12-13-26(25(28)29)15-23(22)31-16-17-6-7-18-4-2-3-5-21(18)14-17/h2-11,14,22-23H,12-13,15-16H2,1H3,(H,28,29). The van der Waals surface area contributed by atoms with E-state index in [1.165, 1.54) is 17.4 Å². The molecule has 1 aliphatic rings. The van der Waals surface area contributed by atoms with Crippen LogP contribution in [-0.2, 0) is 16.1 Å². The van der Waals surface area contributed by atoms with E-state index in [2.05, 4.69) is 24.3 Å². The number of ether oxygens (including phenoxy) is 2. The number of carbonyl (C=O) groups is 2. The van der Waals surface area contributed by atoms with Gasteiger partial charge in [0.25, 0.3) is 0 Å². The maximum Gasteiger partial charge on any atom is 0.407 e. The van der Waals surface area contributed by atoms with Crippen LogP contribution in [0.15, 0.2) is 66.7 Å². The van der Waals surface area contributed by atoms with Crippen molar-refractivity contribution in [3.05, 3.63) is 83.4 Å². The van der Waals surface area contributed by atoms with Crippen molar-refractivity contribution in [3.63, 3.8) is 0 Å². The highest BCUT2D eigenvalue weighted by Gasteiger charge is 2.33. The summed E-state index contributed by atoms with van der Waals surface area (Å²) in [5.74, 6) is -0.334. The van der Waals surface area contributed by atoms with Crippen LogP contribution in [0, 0.1) is 0 Å². The lowest BCUT2D eigenvalue weighted by atomic mass is 9.86. The first-order chi connectivity index (χ1) is 15.0. The zero-order valence-corrected chi connectivity index (χ0v) is 17.4. The van der Waals surface area contributed by atoms with E-state index in [0.29, 0.717) is 31.7 Å². The molecule has 1 aliphatic heterocycles. The minimum atomic E-state index is -0.932. The summed E-state index contributed by atoms with van der Waals surface area (Å²) in [6.45, 7) is 1.17. The number of piperidine rings is 1. The Bertz CT molecular complexity index is 1080. The number of benzene rings is 3. The highest BCUT2D eigenvalue weighted by Crippen LogP contribution is 2.31. The minimum absolute atomic E-state index is 0.0442. The highest BCUT2D eigenvalue weighted by atomic mass is 16.5. The lowest BCUT2D eigenvalue weighted by molar-refractivity contribution is -0.0199. The first-order valence-electron chi connectivity index (χ1n) is 10.3. The lowest BCUT2D eigenvalue weighted by Crippen LogP contribution is -2.46. The molecule has 1 fully saturated rings. The fourth-order valence-corrected chi connectivity index (χ4v) is 4.16. The Morgan fingerprint density at radius 2 is 1.77 bits per heavy atom. The first-order valence-corrected chi connectivity index (χ1v) is 10.3. The minimum Gasteiger partial charge on any atom is -0.465 e. The van der Waals surface area contributed by atoms with Crippen LogP contribution in [0.5, 0.6) is 0 Å². The van der Waals surface area contributed by atoms with Crippen molar-refractivity contribution < 1.29 is 24.2 Å². The van der Waals surface area contributed by atoms with Gasteiger partial charge < -0.3 is 19.5 Å². The Labute approximate surface area is 181 Å². The summed E-state index contributed by atoms with van der Waals surface area (Å²) in [7, 11) is 1.36. The molecule has 0 aliphatic carbocycles. The molecule has 1 amide bonds. The molecule has 3 aromatic carbocycles. The number of likely N-dealkylation sites (tertiary alicyclic amines) is 1. The van der Waals surface area contributed by atoms with Crippen molar-refractivity contribution in [2.45, 2.75) is 25.0 Å². The quantitative estimate of drug-likeness (QED) is 0.608. The normalized spacial score (nSPS) is 18.7. The molecule has 0 radical (unpaired) electrons. The number of hydrogen-bond donors (Lipinski definition) is 1. The number of rotatable bonds is 5. The van der Waals surface area contributed by atoms with Crippen molar-refractivity contribution in [2.24, 2.45) is 0 Å². The summed E-state index contributed by atoms with van der Waals surface area (Å²) in [6, 6.07) is 21.7. The van der Waals surface area contributed by atoms with Crippen LogP contribution < -0.4 is 0 Å². The number of hydrogen-bond acceptors (Lipinski definition) is 4. The van der Waals surface area contributed by atoms with Crippen LogP contribution in [0.3, 0.4) is 0 Å². The number of fused-ring (bicyclic) bond motifs is 1. The number of methoxy groups -OCH3 is 1. The second-order valence-electron chi connectivity index (χ2n) is 7.77. The van der Waals surface area contributed by atoms with Gasteiger partial charge in [-0.25, -0.2) is 9.59 Å². The van der Waals surface area contributed by atoms with Crippen LogP contribution in [-0.4, -0.2) is 48.4 Å². The second-order valence-corrected chi connectivity index (χ2v) is 7.77. The third-order valence-corrected chi connectivity index (χ3v) is 5.87. The van der Waals surface area contributed by atoms with Gasteiger partial charge in [-0.1, -0.05) is 48.5 Å². The number of nitrogens with zero attached hydrogens (tertiary/aromatic N) is 1. The monoisotopic (exact) mass is 419 g/mol. The number of amides is 1. The lowest BCUT2D eigenvalue weighted by Gasteiger charge is -2.37. The number of esters is 1. The maximum absolute atomic E-state index is 11.7. The second kappa shape index (κ2) is 9.18. The van der Waals surface area contributed by atoms with Gasteiger partial charge in [0.1, 0.15) is 0 Å². The molecule has 6 nitrogen and oxygen atoms in total. The summed E-state index contributed by atoms with van der Waals surface area (Å²) in [6.07, 6.45) is -0.550. The average Bonchev–Trinajstić information content (AvgIpc) is 2.82. The van der Waals surface area contributed by atoms with Gasteiger partial charge in [0.2, 0.25) is 0 Å².